The fourth-order valence-corrected chi connectivity index (χ4v) is 3.89. The van der Waals surface area contributed by atoms with Crippen LogP contribution >= 0.6 is 0 Å². The first-order valence-corrected chi connectivity index (χ1v) is 8.42. The molecule has 2 aliphatic rings. The SMILES string of the molecule is CCOC(=O)C(C#N)=C1CCC2CCC1N2c1ccc(OC)cc1. The van der Waals surface area contributed by atoms with Crippen molar-refractivity contribution >= 4 is 11.7 Å². The molecule has 2 heterocycles. The Morgan fingerprint density at radius 3 is 2.67 bits per heavy atom. The van der Waals surface area contributed by atoms with Crippen molar-refractivity contribution < 1.29 is 14.3 Å². The Balaban J connectivity index is 1.95. The van der Waals surface area contributed by atoms with Gasteiger partial charge < -0.3 is 14.4 Å². The van der Waals surface area contributed by atoms with Crippen molar-refractivity contribution in [3.05, 3.63) is 35.4 Å². The van der Waals surface area contributed by atoms with Gasteiger partial charge in [0.1, 0.15) is 17.4 Å². The summed E-state index contributed by atoms with van der Waals surface area (Å²) < 4.78 is 10.3. The lowest BCUT2D eigenvalue weighted by atomic mass is 9.91. The van der Waals surface area contributed by atoms with Gasteiger partial charge in [-0.1, -0.05) is 0 Å². The Labute approximate surface area is 142 Å². The number of carbonyl (C=O) groups is 1. The molecule has 3 rings (SSSR count). The normalized spacial score (nSPS) is 24.3. The monoisotopic (exact) mass is 326 g/mol. The standard InChI is InChI=1S/C19H22N2O3/c1-3-24-19(22)17(12-20)16-10-6-14-7-11-18(16)21(14)13-4-8-15(23-2)9-5-13/h4-5,8-9,14,18H,3,6-7,10-11H2,1-2H3. The number of benzene rings is 1. The highest BCUT2D eigenvalue weighted by Gasteiger charge is 2.41. The first-order chi connectivity index (χ1) is 11.7. The predicted octanol–water partition coefficient (Wildman–Crippen LogP) is 3.21. The van der Waals surface area contributed by atoms with Crippen LogP contribution in [0.1, 0.15) is 32.6 Å². The van der Waals surface area contributed by atoms with Gasteiger partial charge in [0.15, 0.2) is 0 Å². The Morgan fingerprint density at radius 2 is 2.04 bits per heavy atom. The minimum absolute atomic E-state index is 0.108. The van der Waals surface area contributed by atoms with Gasteiger partial charge in [0.05, 0.1) is 19.8 Å². The van der Waals surface area contributed by atoms with Gasteiger partial charge in [0, 0.05) is 11.7 Å². The maximum absolute atomic E-state index is 12.1. The molecule has 0 N–H and O–H groups in total. The number of nitriles is 1. The number of nitrogens with zero attached hydrogens (tertiary/aromatic N) is 2. The molecule has 126 valence electrons. The Bertz CT molecular complexity index is 688. The van der Waals surface area contributed by atoms with Crippen LogP contribution in [0.5, 0.6) is 5.75 Å². The largest absolute Gasteiger partial charge is 0.497 e. The predicted molar refractivity (Wildman–Crippen MR) is 90.8 cm³/mol. The molecule has 5 nitrogen and oxygen atoms in total. The molecular weight excluding hydrogens is 304 g/mol. The van der Waals surface area contributed by atoms with Gasteiger partial charge in [0.2, 0.25) is 0 Å². The number of fused-ring (bicyclic) bond motifs is 2. The van der Waals surface area contributed by atoms with Crippen LogP contribution in [0.25, 0.3) is 0 Å². The van der Waals surface area contributed by atoms with Crippen molar-refractivity contribution in [1.82, 2.24) is 0 Å². The average molecular weight is 326 g/mol. The highest BCUT2D eigenvalue weighted by Crippen LogP contribution is 2.43. The summed E-state index contributed by atoms with van der Waals surface area (Å²) >= 11 is 0. The number of ether oxygens (including phenoxy) is 2. The second-order valence-corrected chi connectivity index (χ2v) is 6.12. The molecule has 0 radical (unpaired) electrons. The number of hydrogen-bond acceptors (Lipinski definition) is 5. The van der Waals surface area contributed by atoms with Gasteiger partial charge in [-0.05, 0) is 62.4 Å². The van der Waals surface area contributed by atoms with Gasteiger partial charge >= 0.3 is 5.97 Å². The van der Waals surface area contributed by atoms with Crippen molar-refractivity contribution in [3.63, 3.8) is 0 Å². The smallest absolute Gasteiger partial charge is 0.348 e. The van der Waals surface area contributed by atoms with E-state index < -0.39 is 5.97 Å². The van der Waals surface area contributed by atoms with Crippen LogP contribution < -0.4 is 9.64 Å². The summed E-state index contributed by atoms with van der Waals surface area (Å²) in [5.74, 6) is 0.332. The van der Waals surface area contributed by atoms with Gasteiger partial charge in [-0.2, -0.15) is 5.26 Å². The lowest BCUT2D eigenvalue weighted by molar-refractivity contribution is -0.138. The first kappa shape index (κ1) is 16.4. The number of anilines is 1. The van der Waals surface area contributed by atoms with Crippen molar-refractivity contribution in [1.29, 1.82) is 5.26 Å². The Hall–Kier alpha value is -2.48. The van der Waals surface area contributed by atoms with Crippen LogP contribution in [0.15, 0.2) is 35.4 Å². The Kier molecular flexibility index (Phi) is 4.75. The molecular formula is C19H22N2O3. The molecule has 2 aliphatic heterocycles. The highest BCUT2D eigenvalue weighted by molar-refractivity contribution is 5.94. The molecule has 0 amide bonds. The average Bonchev–Trinajstić information content (AvgIpc) is 2.91. The fraction of sp³-hybridized carbons (Fsp3) is 0.474. The summed E-state index contributed by atoms with van der Waals surface area (Å²) in [6.45, 7) is 2.04. The third-order valence-electron chi connectivity index (χ3n) is 4.93. The molecule has 2 bridgehead atoms. The molecule has 2 saturated heterocycles. The quantitative estimate of drug-likeness (QED) is 0.483. The van der Waals surface area contributed by atoms with E-state index >= 15 is 0 Å². The summed E-state index contributed by atoms with van der Waals surface area (Å²) in [6, 6.07) is 10.6. The van der Waals surface area contributed by atoms with Crippen LogP contribution in [0.3, 0.4) is 0 Å². The second-order valence-electron chi connectivity index (χ2n) is 6.12. The second kappa shape index (κ2) is 6.96. The van der Waals surface area contributed by atoms with E-state index in [-0.39, 0.29) is 18.2 Å². The van der Waals surface area contributed by atoms with Crippen LogP contribution in [0, 0.1) is 11.3 Å². The highest BCUT2D eigenvalue weighted by atomic mass is 16.5. The van der Waals surface area contributed by atoms with E-state index in [9.17, 15) is 10.1 Å². The van der Waals surface area contributed by atoms with Crippen LogP contribution in [0.4, 0.5) is 5.69 Å². The lowest BCUT2D eigenvalue weighted by Gasteiger charge is -2.38. The molecule has 0 aromatic heterocycles. The van der Waals surface area contributed by atoms with E-state index in [0.717, 1.165) is 42.7 Å². The molecule has 1 aromatic rings. The summed E-state index contributed by atoms with van der Waals surface area (Å²) in [4.78, 5) is 14.5. The molecule has 0 aliphatic carbocycles. The molecule has 2 atom stereocenters. The van der Waals surface area contributed by atoms with Crippen molar-refractivity contribution in [2.75, 3.05) is 18.6 Å². The van der Waals surface area contributed by atoms with Gasteiger partial charge in [-0.15, -0.1) is 0 Å². The molecule has 2 fully saturated rings. The van der Waals surface area contributed by atoms with Crippen LogP contribution in [-0.4, -0.2) is 31.8 Å². The minimum Gasteiger partial charge on any atom is -0.497 e. The summed E-state index contributed by atoms with van der Waals surface area (Å²) in [5, 5.41) is 9.48. The zero-order valence-electron chi connectivity index (χ0n) is 14.1. The summed E-state index contributed by atoms with van der Waals surface area (Å²) in [6.07, 6.45) is 3.81. The van der Waals surface area contributed by atoms with Crippen molar-refractivity contribution in [3.8, 4) is 11.8 Å². The van der Waals surface area contributed by atoms with E-state index in [0.29, 0.717) is 6.04 Å². The topological polar surface area (TPSA) is 62.6 Å². The third kappa shape index (κ3) is 2.84. The van der Waals surface area contributed by atoms with Gasteiger partial charge in [-0.3, -0.25) is 0 Å². The van der Waals surface area contributed by atoms with Crippen molar-refractivity contribution in [2.45, 2.75) is 44.7 Å². The Morgan fingerprint density at radius 1 is 1.29 bits per heavy atom. The van der Waals surface area contributed by atoms with Gasteiger partial charge in [0.25, 0.3) is 0 Å². The molecule has 5 heteroatoms. The fourth-order valence-electron chi connectivity index (χ4n) is 3.89. The third-order valence-corrected chi connectivity index (χ3v) is 4.93. The number of hydrogen-bond donors (Lipinski definition) is 0. The maximum Gasteiger partial charge on any atom is 0.348 e. The van der Waals surface area contributed by atoms with E-state index in [2.05, 4.69) is 11.0 Å². The molecule has 0 spiro atoms. The zero-order chi connectivity index (χ0) is 17.1. The summed E-state index contributed by atoms with van der Waals surface area (Å²) in [5.41, 5.74) is 2.24. The summed E-state index contributed by atoms with van der Waals surface area (Å²) in [7, 11) is 1.65. The number of esters is 1. The van der Waals surface area contributed by atoms with Crippen LogP contribution in [0.2, 0.25) is 0 Å². The first-order valence-electron chi connectivity index (χ1n) is 8.42. The maximum atomic E-state index is 12.1. The minimum atomic E-state index is -0.491. The van der Waals surface area contributed by atoms with E-state index in [1.54, 1.807) is 14.0 Å². The number of carbonyl (C=O) groups excluding carboxylic acids is 1. The molecule has 1 aromatic carbocycles. The molecule has 24 heavy (non-hydrogen) atoms. The lowest BCUT2D eigenvalue weighted by Crippen LogP contribution is -2.42. The molecule has 0 saturated carbocycles. The number of piperidine rings is 1. The zero-order valence-corrected chi connectivity index (χ0v) is 14.1. The van der Waals surface area contributed by atoms with Crippen molar-refractivity contribution in [2.24, 2.45) is 0 Å². The van der Waals surface area contributed by atoms with E-state index in [1.807, 2.05) is 24.3 Å². The molecule has 2 unspecified atom stereocenters. The van der Waals surface area contributed by atoms with Gasteiger partial charge in [-0.25, -0.2) is 4.79 Å². The van der Waals surface area contributed by atoms with E-state index in [1.165, 1.54) is 0 Å². The number of rotatable bonds is 4. The van der Waals surface area contributed by atoms with Crippen LogP contribution in [-0.2, 0) is 9.53 Å². The van der Waals surface area contributed by atoms with E-state index in [4.69, 9.17) is 9.47 Å². The number of methoxy groups -OCH3 is 1.